The fourth-order valence-corrected chi connectivity index (χ4v) is 1.83. The van der Waals surface area contributed by atoms with Crippen LogP contribution in [-0.2, 0) is 6.54 Å². The number of nitriles is 1. The lowest BCUT2D eigenvalue weighted by atomic mass is 10.1. The Labute approximate surface area is 97.7 Å². The van der Waals surface area contributed by atoms with E-state index in [2.05, 4.69) is 36.2 Å². The van der Waals surface area contributed by atoms with E-state index in [0.717, 1.165) is 36.4 Å². The van der Waals surface area contributed by atoms with Crippen molar-refractivity contribution in [1.82, 2.24) is 5.32 Å². The lowest BCUT2D eigenvalue weighted by Crippen LogP contribution is -2.23. The standard InChI is InChI=1S/C13H19N3/c1-4-16(5-2)13-7-6-11(10-15-3)8-12(13)9-14/h6-8,15H,4-5,10H2,1-3H3. The predicted octanol–water partition coefficient (Wildman–Crippen LogP) is 2.12. The predicted molar refractivity (Wildman–Crippen MR) is 67.5 cm³/mol. The van der Waals surface area contributed by atoms with E-state index in [1.54, 1.807) is 0 Å². The molecule has 0 bridgehead atoms. The van der Waals surface area contributed by atoms with Gasteiger partial charge in [-0.15, -0.1) is 0 Å². The van der Waals surface area contributed by atoms with E-state index in [-0.39, 0.29) is 0 Å². The van der Waals surface area contributed by atoms with Gasteiger partial charge in [-0.2, -0.15) is 5.26 Å². The van der Waals surface area contributed by atoms with Crippen molar-refractivity contribution in [3.8, 4) is 6.07 Å². The van der Waals surface area contributed by atoms with E-state index in [9.17, 15) is 0 Å². The lowest BCUT2D eigenvalue weighted by Gasteiger charge is -2.22. The first-order chi connectivity index (χ1) is 7.76. The average molecular weight is 217 g/mol. The zero-order chi connectivity index (χ0) is 12.0. The number of benzene rings is 1. The van der Waals surface area contributed by atoms with Crippen LogP contribution in [0.4, 0.5) is 5.69 Å². The second-order valence-corrected chi connectivity index (χ2v) is 3.67. The van der Waals surface area contributed by atoms with Crippen LogP contribution < -0.4 is 10.2 Å². The summed E-state index contributed by atoms with van der Waals surface area (Å²) in [5.41, 5.74) is 2.94. The molecule has 0 aromatic heterocycles. The molecule has 0 heterocycles. The molecule has 0 atom stereocenters. The molecule has 1 rings (SSSR count). The minimum atomic E-state index is 0.761. The van der Waals surface area contributed by atoms with Crippen molar-refractivity contribution in [3.05, 3.63) is 29.3 Å². The van der Waals surface area contributed by atoms with Crippen LogP contribution in [0, 0.1) is 11.3 Å². The lowest BCUT2D eigenvalue weighted by molar-refractivity contribution is 0.815. The summed E-state index contributed by atoms with van der Waals surface area (Å²) < 4.78 is 0. The second-order valence-electron chi connectivity index (χ2n) is 3.67. The smallest absolute Gasteiger partial charge is 0.101 e. The first kappa shape index (κ1) is 12.5. The molecule has 0 aliphatic rings. The minimum absolute atomic E-state index is 0.761. The van der Waals surface area contributed by atoms with Crippen molar-refractivity contribution >= 4 is 5.69 Å². The van der Waals surface area contributed by atoms with E-state index < -0.39 is 0 Å². The van der Waals surface area contributed by atoms with Gasteiger partial charge in [-0.1, -0.05) is 6.07 Å². The van der Waals surface area contributed by atoms with Gasteiger partial charge >= 0.3 is 0 Å². The molecular weight excluding hydrogens is 198 g/mol. The fourth-order valence-electron chi connectivity index (χ4n) is 1.83. The second kappa shape index (κ2) is 6.14. The van der Waals surface area contributed by atoms with Crippen LogP contribution in [-0.4, -0.2) is 20.1 Å². The molecule has 0 amide bonds. The minimum Gasteiger partial charge on any atom is -0.371 e. The van der Waals surface area contributed by atoms with Crippen LogP contribution in [0.5, 0.6) is 0 Å². The number of hydrogen-bond acceptors (Lipinski definition) is 3. The zero-order valence-corrected chi connectivity index (χ0v) is 10.2. The van der Waals surface area contributed by atoms with Gasteiger partial charge < -0.3 is 10.2 Å². The highest BCUT2D eigenvalue weighted by molar-refractivity contribution is 5.60. The Morgan fingerprint density at radius 1 is 1.31 bits per heavy atom. The van der Waals surface area contributed by atoms with E-state index in [0.29, 0.717) is 0 Å². The summed E-state index contributed by atoms with van der Waals surface area (Å²) >= 11 is 0. The maximum absolute atomic E-state index is 9.15. The van der Waals surface area contributed by atoms with Crippen LogP contribution >= 0.6 is 0 Å². The molecule has 1 aromatic rings. The Kier molecular flexibility index (Phi) is 4.81. The van der Waals surface area contributed by atoms with E-state index >= 15 is 0 Å². The monoisotopic (exact) mass is 217 g/mol. The summed E-state index contributed by atoms with van der Waals surface area (Å²) in [7, 11) is 1.91. The van der Waals surface area contributed by atoms with Crippen molar-refractivity contribution in [3.63, 3.8) is 0 Å². The summed E-state index contributed by atoms with van der Waals surface area (Å²) in [6.45, 7) is 6.86. The third kappa shape index (κ3) is 2.74. The van der Waals surface area contributed by atoms with Gasteiger partial charge in [0.05, 0.1) is 11.3 Å². The van der Waals surface area contributed by atoms with E-state index in [4.69, 9.17) is 5.26 Å². The Morgan fingerprint density at radius 3 is 2.50 bits per heavy atom. The van der Waals surface area contributed by atoms with Gasteiger partial charge in [0.2, 0.25) is 0 Å². The maximum atomic E-state index is 9.15. The molecule has 0 aliphatic carbocycles. The summed E-state index contributed by atoms with van der Waals surface area (Å²) in [6, 6.07) is 8.35. The molecule has 1 N–H and O–H groups in total. The average Bonchev–Trinajstić information content (AvgIpc) is 2.32. The zero-order valence-electron chi connectivity index (χ0n) is 10.2. The van der Waals surface area contributed by atoms with Gasteiger partial charge in [-0.05, 0) is 38.6 Å². The molecule has 0 fully saturated rings. The van der Waals surface area contributed by atoms with Gasteiger partial charge in [-0.25, -0.2) is 0 Å². The van der Waals surface area contributed by atoms with Crippen molar-refractivity contribution in [2.75, 3.05) is 25.0 Å². The number of anilines is 1. The van der Waals surface area contributed by atoms with Crippen molar-refractivity contribution in [1.29, 1.82) is 5.26 Å². The van der Waals surface area contributed by atoms with Crippen LogP contribution in [0.25, 0.3) is 0 Å². The maximum Gasteiger partial charge on any atom is 0.101 e. The van der Waals surface area contributed by atoms with Crippen molar-refractivity contribution in [2.24, 2.45) is 0 Å². The molecule has 0 saturated carbocycles. The third-order valence-corrected chi connectivity index (χ3v) is 2.67. The first-order valence-electron chi connectivity index (χ1n) is 5.69. The van der Waals surface area contributed by atoms with Gasteiger partial charge in [0.25, 0.3) is 0 Å². The van der Waals surface area contributed by atoms with Gasteiger partial charge in [0, 0.05) is 19.6 Å². The molecule has 0 saturated heterocycles. The number of nitrogens with zero attached hydrogens (tertiary/aromatic N) is 2. The van der Waals surface area contributed by atoms with Crippen LogP contribution in [0.1, 0.15) is 25.0 Å². The van der Waals surface area contributed by atoms with Crippen molar-refractivity contribution in [2.45, 2.75) is 20.4 Å². The molecule has 0 radical (unpaired) electrons. The Balaban J connectivity index is 3.07. The molecule has 1 aromatic carbocycles. The molecule has 0 spiro atoms. The van der Waals surface area contributed by atoms with Gasteiger partial charge in [0.15, 0.2) is 0 Å². The third-order valence-electron chi connectivity index (χ3n) is 2.67. The molecule has 16 heavy (non-hydrogen) atoms. The number of rotatable bonds is 5. The summed E-state index contributed by atoms with van der Waals surface area (Å²) in [5.74, 6) is 0. The van der Waals surface area contributed by atoms with E-state index in [1.807, 2.05) is 19.2 Å². The fraction of sp³-hybridized carbons (Fsp3) is 0.462. The molecule has 86 valence electrons. The number of nitrogens with one attached hydrogen (secondary N) is 1. The Hall–Kier alpha value is -1.53. The Morgan fingerprint density at radius 2 is 2.00 bits per heavy atom. The SMILES string of the molecule is CCN(CC)c1ccc(CNC)cc1C#N. The van der Waals surface area contributed by atoms with Crippen molar-refractivity contribution < 1.29 is 0 Å². The highest BCUT2D eigenvalue weighted by atomic mass is 15.1. The van der Waals surface area contributed by atoms with Gasteiger partial charge in [-0.3, -0.25) is 0 Å². The highest BCUT2D eigenvalue weighted by Crippen LogP contribution is 2.21. The van der Waals surface area contributed by atoms with Crippen LogP contribution in [0.15, 0.2) is 18.2 Å². The molecule has 0 unspecified atom stereocenters. The van der Waals surface area contributed by atoms with Crippen LogP contribution in [0.3, 0.4) is 0 Å². The number of hydrogen-bond donors (Lipinski definition) is 1. The molecule has 0 aliphatic heterocycles. The van der Waals surface area contributed by atoms with Crippen LogP contribution in [0.2, 0.25) is 0 Å². The molecular formula is C13H19N3. The topological polar surface area (TPSA) is 39.1 Å². The summed E-state index contributed by atoms with van der Waals surface area (Å²) in [4.78, 5) is 2.20. The van der Waals surface area contributed by atoms with Gasteiger partial charge in [0.1, 0.15) is 6.07 Å². The quantitative estimate of drug-likeness (QED) is 0.821. The van der Waals surface area contributed by atoms with E-state index in [1.165, 1.54) is 0 Å². The Bertz CT molecular complexity index is 375. The summed E-state index contributed by atoms with van der Waals surface area (Å²) in [5, 5.41) is 12.2. The summed E-state index contributed by atoms with van der Waals surface area (Å²) in [6.07, 6.45) is 0. The largest absolute Gasteiger partial charge is 0.371 e. The molecule has 3 heteroatoms. The normalized spacial score (nSPS) is 9.88. The highest BCUT2D eigenvalue weighted by Gasteiger charge is 2.08. The molecule has 3 nitrogen and oxygen atoms in total. The first-order valence-corrected chi connectivity index (χ1v) is 5.69.